The Bertz CT molecular complexity index is 465. The molecule has 0 bridgehead atoms. The summed E-state index contributed by atoms with van der Waals surface area (Å²) in [6, 6.07) is -0.875. The van der Waals surface area contributed by atoms with Crippen LogP contribution < -0.4 is 22.1 Å². The Balaban J connectivity index is 2.69. The summed E-state index contributed by atoms with van der Waals surface area (Å²) in [5, 5.41) is 24.7. The highest BCUT2D eigenvalue weighted by Crippen LogP contribution is 2.20. The molecular formula is C13H22N4O5. The SMILES string of the molecule is NCCC(=O)N[C@@H]1C=C(C(=O)NCCC(N)=O)C[C@@H](O)[C@@H]1O. The van der Waals surface area contributed by atoms with Gasteiger partial charge in [0.25, 0.3) is 0 Å². The van der Waals surface area contributed by atoms with Crippen LogP contribution in [0.4, 0.5) is 0 Å². The van der Waals surface area contributed by atoms with Crippen molar-refractivity contribution >= 4 is 17.7 Å². The first-order valence-corrected chi connectivity index (χ1v) is 6.98. The van der Waals surface area contributed by atoms with Gasteiger partial charge in [0.1, 0.15) is 6.10 Å². The van der Waals surface area contributed by atoms with Crippen LogP contribution in [0.25, 0.3) is 0 Å². The van der Waals surface area contributed by atoms with Crippen molar-refractivity contribution in [2.45, 2.75) is 37.5 Å². The van der Waals surface area contributed by atoms with E-state index in [1.807, 2.05) is 0 Å². The second-order valence-electron chi connectivity index (χ2n) is 5.06. The van der Waals surface area contributed by atoms with E-state index in [9.17, 15) is 24.6 Å². The zero-order valence-corrected chi connectivity index (χ0v) is 12.1. The minimum atomic E-state index is -1.20. The molecule has 124 valence electrons. The Morgan fingerprint density at radius 1 is 1.27 bits per heavy atom. The van der Waals surface area contributed by atoms with Crippen molar-refractivity contribution in [3.63, 3.8) is 0 Å². The number of amides is 3. The largest absolute Gasteiger partial charge is 0.390 e. The van der Waals surface area contributed by atoms with Crippen LogP contribution in [-0.4, -0.2) is 59.3 Å². The molecule has 0 aromatic heterocycles. The first kappa shape index (κ1) is 18.1. The van der Waals surface area contributed by atoms with Crippen molar-refractivity contribution < 1.29 is 24.6 Å². The summed E-state index contributed by atoms with van der Waals surface area (Å²) in [7, 11) is 0. The third kappa shape index (κ3) is 5.43. The number of nitrogens with one attached hydrogen (secondary N) is 2. The minimum Gasteiger partial charge on any atom is -0.390 e. The molecule has 1 aliphatic carbocycles. The monoisotopic (exact) mass is 314 g/mol. The zero-order valence-electron chi connectivity index (χ0n) is 12.1. The molecule has 1 aliphatic rings. The third-order valence-corrected chi connectivity index (χ3v) is 3.22. The molecule has 9 heteroatoms. The molecule has 1 rings (SSSR count). The standard InChI is InChI=1S/C13H22N4O5/c14-3-1-11(20)17-8-5-7(6-9(18)12(8)21)13(22)16-4-2-10(15)19/h5,8-9,12,18,21H,1-4,6,14H2,(H2,15,19)(H,16,22)(H,17,20)/t8-,9-,12-/m1/s1. The number of aliphatic hydroxyl groups is 2. The van der Waals surface area contributed by atoms with E-state index in [1.54, 1.807) is 0 Å². The molecule has 3 amide bonds. The molecule has 0 aromatic rings. The van der Waals surface area contributed by atoms with E-state index in [1.165, 1.54) is 6.08 Å². The van der Waals surface area contributed by atoms with Crippen LogP contribution in [0.3, 0.4) is 0 Å². The molecule has 0 spiro atoms. The molecule has 3 atom stereocenters. The number of aliphatic hydroxyl groups excluding tert-OH is 2. The Kier molecular flexibility index (Phi) is 6.96. The van der Waals surface area contributed by atoms with Crippen LogP contribution in [0.15, 0.2) is 11.6 Å². The van der Waals surface area contributed by atoms with Crippen LogP contribution in [0.2, 0.25) is 0 Å². The van der Waals surface area contributed by atoms with Gasteiger partial charge in [0.2, 0.25) is 17.7 Å². The molecule has 0 radical (unpaired) electrons. The van der Waals surface area contributed by atoms with Crippen molar-refractivity contribution in [3.8, 4) is 0 Å². The van der Waals surface area contributed by atoms with Gasteiger partial charge in [-0.05, 0) is 0 Å². The quantitative estimate of drug-likeness (QED) is 0.290. The summed E-state index contributed by atoms with van der Waals surface area (Å²) < 4.78 is 0. The average Bonchev–Trinajstić information content (AvgIpc) is 2.43. The van der Waals surface area contributed by atoms with Gasteiger partial charge in [-0.15, -0.1) is 0 Å². The number of nitrogens with two attached hydrogens (primary N) is 2. The lowest BCUT2D eigenvalue weighted by Gasteiger charge is -2.31. The minimum absolute atomic E-state index is 0.000856. The molecule has 0 aliphatic heterocycles. The fourth-order valence-corrected chi connectivity index (χ4v) is 2.07. The summed E-state index contributed by atoms with van der Waals surface area (Å²) in [5.41, 5.74) is 10.5. The Morgan fingerprint density at radius 2 is 1.95 bits per heavy atom. The van der Waals surface area contributed by atoms with Crippen LogP contribution in [0.5, 0.6) is 0 Å². The number of primary amides is 1. The maximum atomic E-state index is 11.9. The number of carbonyl (C=O) groups excluding carboxylic acids is 3. The van der Waals surface area contributed by atoms with E-state index in [0.29, 0.717) is 0 Å². The lowest BCUT2D eigenvalue weighted by molar-refractivity contribution is -0.124. The number of carbonyl (C=O) groups is 3. The van der Waals surface area contributed by atoms with Gasteiger partial charge < -0.3 is 32.3 Å². The molecule has 0 aromatic carbocycles. The van der Waals surface area contributed by atoms with Crippen molar-refractivity contribution in [1.29, 1.82) is 0 Å². The van der Waals surface area contributed by atoms with Gasteiger partial charge in [-0.2, -0.15) is 0 Å². The molecule has 22 heavy (non-hydrogen) atoms. The van der Waals surface area contributed by atoms with Gasteiger partial charge in [0.15, 0.2) is 0 Å². The van der Waals surface area contributed by atoms with E-state index in [-0.39, 0.29) is 43.8 Å². The lowest BCUT2D eigenvalue weighted by atomic mass is 9.90. The Morgan fingerprint density at radius 3 is 2.55 bits per heavy atom. The van der Waals surface area contributed by atoms with Crippen molar-refractivity contribution in [2.24, 2.45) is 11.5 Å². The van der Waals surface area contributed by atoms with Gasteiger partial charge in [0.05, 0.1) is 12.1 Å². The van der Waals surface area contributed by atoms with Crippen molar-refractivity contribution in [3.05, 3.63) is 11.6 Å². The summed E-state index contributed by atoms with van der Waals surface area (Å²) >= 11 is 0. The van der Waals surface area contributed by atoms with E-state index in [0.717, 1.165) is 0 Å². The highest BCUT2D eigenvalue weighted by atomic mass is 16.3. The summed E-state index contributed by atoms with van der Waals surface area (Å²) in [4.78, 5) is 34.1. The van der Waals surface area contributed by atoms with E-state index >= 15 is 0 Å². The van der Waals surface area contributed by atoms with Crippen LogP contribution >= 0.6 is 0 Å². The number of hydrogen-bond donors (Lipinski definition) is 6. The predicted molar refractivity (Wildman–Crippen MR) is 77.1 cm³/mol. The molecule has 8 N–H and O–H groups in total. The van der Waals surface area contributed by atoms with Gasteiger partial charge in [-0.25, -0.2) is 0 Å². The average molecular weight is 314 g/mol. The number of rotatable bonds is 7. The molecule has 0 saturated heterocycles. The normalized spacial score (nSPS) is 24.3. The third-order valence-electron chi connectivity index (χ3n) is 3.22. The predicted octanol–water partition coefficient (Wildman–Crippen LogP) is -3.14. The van der Waals surface area contributed by atoms with Gasteiger partial charge in [-0.3, -0.25) is 14.4 Å². The zero-order chi connectivity index (χ0) is 16.7. The van der Waals surface area contributed by atoms with Crippen molar-refractivity contribution in [2.75, 3.05) is 13.1 Å². The van der Waals surface area contributed by atoms with Gasteiger partial charge in [-0.1, -0.05) is 6.08 Å². The molecule has 0 heterocycles. The smallest absolute Gasteiger partial charge is 0.247 e. The second kappa shape index (κ2) is 8.47. The highest BCUT2D eigenvalue weighted by molar-refractivity contribution is 5.94. The topological polar surface area (TPSA) is 168 Å². The summed E-state index contributed by atoms with van der Waals surface area (Å²) in [5.74, 6) is -1.41. The summed E-state index contributed by atoms with van der Waals surface area (Å²) in [6.45, 7) is 0.232. The second-order valence-corrected chi connectivity index (χ2v) is 5.06. The molecule has 0 unspecified atom stereocenters. The van der Waals surface area contributed by atoms with Gasteiger partial charge >= 0.3 is 0 Å². The first-order chi connectivity index (χ1) is 10.3. The lowest BCUT2D eigenvalue weighted by Crippen LogP contribution is -2.51. The fourth-order valence-electron chi connectivity index (χ4n) is 2.07. The van der Waals surface area contributed by atoms with E-state index in [2.05, 4.69) is 10.6 Å². The highest BCUT2D eigenvalue weighted by Gasteiger charge is 2.33. The molecular weight excluding hydrogens is 292 g/mol. The Labute approximate surface area is 127 Å². The van der Waals surface area contributed by atoms with Crippen LogP contribution in [0.1, 0.15) is 19.3 Å². The Hall–Kier alpha value is -1.97. The fraction of sp³-hybridized carbons (Fsp3) is 0.615. The van der Waals surface area contributed by atoms with Crippen molar-refractivity contribution in [1.82, 2.24) is 10.6 Å². The maximum Gasteiger partial charge on any atom is 0.247 e. The first-order valence-electron chi connectivity index (χ1n) is 6.98. The molecule has 0 saturated carbocycles. The van der Waals surface area contributed by atoms with E-state index in [4.69, 9.17) is 11.5 Å². The van der Waals surface area contributed by atoms with Crippen LogP contribution in [-0.2, 0) is 14.4 Å². The van der Waals surface area contributed by atoms with E-state index < -0.39 is 30.1 Å². The number of hydrogen-bond acceptors (Lipinski definition) is 6. The van der Waals surface area contributed by atoms with Gasteiger partial charge in [0, 0.05) is 37.9 Å². The summed E-state index contributed by atoms with van der Waals surface area (Å²) in [6.07, 6.45) is -0.958. The maximum absolute atomic E-state index is 11.9. The molecule has 0 fully saturated rings. The van der Waals surface area contributed by atoms with Crippen LogP contribution in [0, 0.1) is 0 Å². The molecule has 9 nitrogen and oxygen atoms in total.